The number of nitrogens with one attached hydrogen (secondary N) is 3. The number of fused-ring (bicyclic) bond motifs is 1. The Morgan fingerprint density at radius 1 is 1.10 bits per heavy atom. The number of carbonyl (C=O) groups excluding carboxylic acids is 2. The van der Waals surface area contributed by atoms with Gasteiger partial charge in [-0.3, -0.25) is 4.79 Å². The maximum atomic E-state index is 12.7. The number of hydrogen-bond acceptors (Lipinski definition) is 4. The smallest absolute Gasteiger partial charge is 0.319 e. The number of benzene rings is 2. The highest BCUT2D eigenvalue weighted by atomic mass is 35.5. The maximum absolute atomic E-state index is 12.7. The van der Waals surface area contributed by atoms with Gasteiger partial charge in [-0.05, 0) is 50.1 Å². The van der Waals surface area contributed by atoms with Crippen molar-refractivity contribution in [1.82, 2.24) is 5.32 Å². The van der Waals surface area contributed by atoms with Crippen molar-refractivity contribution in [2.45, 2.75) is 25.9 Å². The molecule has 1 aromatic heterocycles. The summed E-state index contributed by atoms with van der Waals surface area (Å²) in [6.45, 7) is 3.06. The molecule has 156 valence electrons. The molecule has 0 spiro atoms. The summed E-state index contributed by atoms with van der Waals surface area (Å²) < 4.78 is 11.2. The molecule has 8 heteroatoms. The Morgan fingerprint density at radius 3 is 2.50 bits per heavy atom. The number of ether oxygens (including phenoxy) is 1. The molecule has 1 saturated heterocycles. The van der Waals surface area contributed by atoms with Crippen molar-refractivity contribution >= 4 is 45.9 Å². The van der Waals surface area contributed by atoms with E-state index in [4.69, 9.17) is 20.8 Å². The summed E-state index contributed by atoms with van der Waals surface area (Å²) in [5.74, 6) is -0.149. The first-order valence-electron chi connectivity index (χ1n) is 9.77. The van der Waals surface area contributed by atoms with Gasteiger partial charge < -0.3 is 25.1 Å². The lowest BCUT2D eigenvalue weighted by atomic mass is 10.1. The van der Waals surface area contributed by atoms with Crippen LogP contribution in [-0.2, 0) is 4.74 Å². The lowest BCUT2D eigenvalue weighted by Gasteiger charge is -2.12. The Labute approximate surface area is 178 Å². The number of para-hydroxylation sites is 1. The van der Waals surface area contributed by atoms with Gasteiger partial charge in [0.05, 0.1) is 11.1 Å². The molecule has 0 saturated carbocycles. The summed E-state index contributed by atoms with van der Waals surface area (Å²) >= 11 is 6.15. The van der Waals surface area contributed by atoms with Crippen molar-refractivity contribution < 1.29 is 18.7 Å². The minimum atomic E-state index is -0.366. The van der Waals surface area contributed by atoms with Gasteiger partial charge in [0.2, 0.25) is 0 Å². The maximum Gasteiger partial charge on any atom is 0.319 e. The highest BCUT2D eigenvalue weighted by Gasteiger charge is 2.19. The average Bonchev–Trinajstić information content (AvgIpc) is 3.37. The number of urea groups is 1. The number of anilines is 2. The third kappa shape index (κ3) is 4.42. The molecule has 7 nitrogen and oxygen atoms in total. The molecule has 3 aromatic rings. The Morgan fingerprint density at radius 2 is 1.83 bits per heavy atom. The zero-order valence-corrected chi connectivity index (χ0v) is 17.2. The highest BCUT2D eigenvalue weighted by Crippen LogP contribution is 2.31. The topological polar surface area (TPSA) is 92.6 Å². The predicted molar refractivity (Wildman–Crippen MR) is 116 cm³/mol. The summed E-state index contributed by atoms with van der Waals surface area (Å²) in [5, 5.41) is 9.63. The normalized spacial score (nSPS) is 15.9. The first-order chi connectivity index (χ1) is 14.5. The van der Waals surface area contributed by atoms with Crippen molar-refractivity contribution in [1.29, 1.82) is 0 Å². The Hall–Kier alpha value is -3.03. The molecule has 0 aliphatic carbocycles. The van der Waals surface area contributed by atoms with E-state index in [-0.39, 0.29) is 23.8 Å². The van der Waals surface area contributed by atoms with Crippen molar-refractivity contribution in [3.63, 3.8) is 0 Å². The fourth-order valence-corrected chi connectivity index (χ4v) is 3.65. The van der Waals surface area contributed by atoms with E-state index < -0.39 is 0 Å². The second kappa shape index (κ2) is 8.77. The van der Waals surface area contributed by atoms with Crippen LogP contribution < -0.4 is 16.0 Å². The van der Waals surface area contributed by atoms with Gasteiger partial charge in [-0.2, -0.15) is 0 Å². The summed E-state index contributed by atoms with van der Waals surface area (Å²) in [4.78, 5) is 24.6. The van der Waals surface area contributed by atoms with Gasteiger partial charge in [-0.15, -0.1) is 0 Å². The quantitative estimate of drug-likeness (QED) is 0.537. The van der Waals surface area contributed by atoms with Crippen LogP contribution in [0.2, 0.25) is 5.02 Å². The molecule has 3 N–H and O–H groups in total. The summed E-state index contributed by atoms with van der Waals surface area (Å²) in [5.41, 5.74) is 2.42. The van der Waals surface area contributed by atoms with E-state index in [2.05, 4.69) is 16.0 Å². The number of carbonyl (C=O) groups is 2. The Kier molecular flexibility index (Phi) is 5.92. The zero-order valence-electron chi connectivity index (χ0n) is 16.5. The van der Waals surface area contributed by atoms with Crippen LogP contribution in [0, 0.1) is 6.92 Å². The lowest BCUT2D eigenvalue weighted by Crippen LogP contribution is -2.35. The first-order valence-corrected chi connectivity index (χ1v) is 10.1. The largest absolute Gasteiger partial charge is 0.449 e. The molecule has 2 aromatic carbocycles. The van der Waals surface area contributed by atoms with E-state index in [9.17, 15) is 9.59 Å². The van der Waals surface area contributed by atoms with Crippen LogP contribution in [0.25, 0.3) is 11.0 Å². The van der Waals surface area contributed by atoms with Crippen molar-refractivity contribution in [3.05, 3.63) is 58.8 Å². The van der Waals surface area contributed by atoms with E-state index in [1.165, 1.54) is 0 Å². The van der Waals surface area contributed by atoms with Crippen LogP contribution >= 0.6 is 11.6 Å². The third-order valence-electron chi connectivity index (χ3n) is 5.04. The summed E-state index contributed by atoms with van der Waals surface area (Å²) in [7, 11) is 0. The van der Waals surface area contributed by atoms with E-state index >= 15 is 0 Å². The van der Waals surface area contributed by atoms with Gasteiger partial charge in [-0.1, -0.05) is 23.7 Å². The number of furan rings is 1. The molecule has 30 heavy (non-hydrogen) atoms. The molecule has 1 aliphatic heterocycles. The van der Waals surface area contributed by atoms with Gasteiger partial charge in [0.1, 0.15) is 0 Å². The number of rotatable bonds is 5. The fraction of sp³-hybridized carbons (Fsp3) is 0.273. The van der Waals surface area contributed by atoms with Crippen molar-refractivity contribution in [3.8, 4) is 0 Å². The molecule has 3 amide bonds. The van der Waals surface area contributed by atoms with Gasteiger partial charge >= 0.3 is 6.03 Å². The first kappa shape index (κ1) is 20.3. The van der Waals surface area contributed by atoms with Gasteiger partial charge in [0.15, 0.2) is 11.3 Å². The molecular weight excluding hydrogens is 406 g/mol. The van der Waals surface area contributed by atoms with Crippen LogP contribution in [-0.4, -0.2) is 31.2 Å². The van der Waals surface area contributed by atoms with Gasteiger partial charge in [-0.25, -0.2) is 4.79 Å². The standard InChI is InChI=1S/C22H22ClN3O4/c1-13-17-5-2-6-18(23)20(17)30-19(13)21(27)25-14-7-9-15(10-8-14)26-22(28)24-12-16-4-3-11-29-16/h2,5-10,16H,3-4,11-12H2,1H3,(H,25,27)(H2,24,26,28). The SMILES string of the molecule is Cc1c(C(=O)Nc2ccc(NC(=O)NCC3CCCO3)cc2)oc2c(Cl)cccc12. The van der Waals surface area contributed by atoms with Gasteiger partial charge in [0.25, 0.3) is 5.91 Å². The molecule has 1 aliphatic rings. The van der Waals surface area contributed by atoms with Crippen LogP contribution in [0.15, 0.2) is 46.9 Å². The number of aryl methyl sites for hydroxylation is 1. The number of hydrogen-bond donors (Lipinski definition) is 3. The Balaban J connectivity index is 1.36. The number of halogens is 1. The molecule has 4 rings (SSSR count). The van der Waals surface area contributed by atoms with Crippen LogP contribution in [0.1, 0.15) is 29.0 Å². The molecule has 1 fully saturated rings. The molecular formula is C22H22ClN3O4. The van der Waals surface area contributed by atoms with Crippen molar-refractivity contribution in [2.24, 2.45) is 0 Å². The lowest BCUT2D eigenvalue weighted by molar-refractivity contribution is 0.0998. The minimum Gasteiger partial charge on any atom is -0.449 e. The van der Waals surface area contributed by atoms with Crippen LogP contribution in [0.3, 0.4) is 0 Å². The Bertz CT molecular complexity index is 1070. The molecule has 0 radical (unpaired) electrons. The number of amides is 3. The summed E-state index contributed by atoms with van der Waals surface area (Å²) in [6, 6.07) is 11.9. The molecule has 1 unspecified atom stereocenters. The van der Waals surface area contributed by atoms with Crippen molar-refractivity contribution in [2.75, 3.05) is 23.8 Å². The minimum absolute atomic E-state index is 0.0879. The second-order valence-corrected chi connectivity index (χ2v) is 7.58. The van der Waals surface area contributed by atoms with Crippen LogP contribution in [0.4, 0.5) is 16.2 Å². The van der Waals surface area contributed by atoms with Gasteiger partial charge in [0, 0.05) is 35.5 Å². The predicted octanol–water partition coefficient (Wildman–Crippen LogP) is 4.95. The monoisotopic (exact) mass is 427 g/mol. The van der Waals surface area contributed by atoms with E-state index in [0.29, 0.717) is 28.5 Å². The zero-order chi connectivity index (χ0) is 21.1. The van der Waals surface area contributed by atoms with E-state index in [1.807, 2.05) is 19.1 Å². The van der Waals surface area contributed by atoms with Crippen LogP contribution in [0.5, 0.6) is 0 Å². The third-order valence-corrected chi connectivity index (χ3v) is 5.33. The average molecular weight is 428 g/mol. The van der Waals surface area contributed by atoms with E-state index in [0.717, 1.165) is 30.4 Å². The second-order valence-electron chi connectivity index (χ2n) is 7.17. The molecule has 2 heterocycles. The van der Waals surface area contributed by atoms with E-state index in [1.54, 1.807) is 30.3 Å². The molecule has 1 atom stereocenters. The fourth-order valence-electron chi connectivity index (χ4n) is 3.44. The molecule has 0 bridgehead atoms. The summed E-state index contributed by atoms with van der Waals surface area (Å²) in [6.07, 6.45) is 2.08. The highest BCUT2D eigenvalue weighted by molar-refractivity contribution is 6.35.